The number of nitrogens with zero attached hydrogens (tertiary/aromatic N) is 1. The molecule has 7 nitrogen and oxygen atoms in total. The Bertz CT molecular complexity index is 770. The molecular formula is C19H21N3O4. The van der Waals surface area contributed by atoms with Crippen LogP contribution in [0.15, 0.2) is 48.5 Å². The van der Waals surface area contributed by atoms with Crippen LogP contribution in [0.5, 0.6) is 0 Å². The molecule has 0 atom stereocenters. The molecule has 0 unspecified atom stereocenters. The summed E-state index contributed by atoms with van der Waals surface area (Å²) in [5.74, 6) is -0.575. The van der Waals surface area contributed by atoms with Gasteiger partial charge in [-0.3, -0.25) is 19.7 Å². The van der Waals surface area contributed by atoms with Gasteiger partial charge in [-0.25, -0.2) is 0 Å². The van der Waals surface area contributed by atoms with Crippen molar-refractivity contribution in [3.05, 3.63) is 69.8 Å². The van der Waals surface area contributed by atoms with Crippen molar-refractivity contribution >= 4 is 23.2 Å². The highest BCUT2D eigenvalue weighted by Gasteiger charge is 2.10. The lowest BCUT2D eigenvalue weighted by atomic mass is 10.1. The van der Waals surface area contributed by atoms with E-state index in [0.29, 0.717) is 5.56 Å². The summed E-state index contributed by atoms with van der Waals surface area (Å²) < 4.78 is 0. The Labute approximate surface area is 151 Å². The molecule has 0 heterocycles. The van der Waals surface area contributed by atoms with Gasteiger partial charge in [-0.15, -0.1) is 0 Å². The van der Waals surface area contributed by atoms with E-state index in [0.717, 1.165) is 18.5 Å². The van der Waals surface area contributed by atoms with Crippen molar-refractivity contribution in [3.63, 3.8) is 0 Å². The second-order valence-corrected chi connectivity index (χ2v) is 5.80. The summed E-state index contributed by atoms with van der Waals surface area (Å²) in [6.07, 6.45) is 2.21. The smallest absolute Gasteiger partial charge is 0.269 e. The molecule has 0 aliphatic heterocycles. The number of amides is 2. The fourth-order valence-corrected chi connectivity index (χ4v) is 2.39. The van der Waals surface area contributed by atoms with Crippen LogP contribution in [-0.2, 0) is 11.2 Å². The number of non-ortho nitro benzene ring substituents is 1. The average molecular weight is 355 g/mol. The van der Waals surface area contributed by atoms with Crippen molar-refractivity contribution < 1.29 is 14.5 Å². The van der Waals surface area contributed by atoms with Gasteiger partial charge in [0.1, 0.15) is 0 Å². The molecule has 2 rings (SSSR count). The van der Waals surface area contributed by atoms with Crippen molar-refractivity contribution in [3.8, 4) is 0 Å². The number of carbonyl (C=O) groups excluding carboxylic acids is 2. The quantitative estimate of drug-likeness (QED) is 0.560. The molecule has 0 bridgehead atoms. The summed E-state index contributed by atoms with van der Waals surface area (Å²) in [7, 11) is 0. The molecule has 26 heavy (non-hydrogen) atoms. The molecule has 2 aromatic carbocycles. The van der Waals surface area contributed by atoms with E-state index in [4.69, 9.17) is 0 Å². The van der Waals surface area contributed by atoms with E-state index in [9.17, 15) is 19.7 Å². The number of anilines is 1. The van der Waals surface area contributed by atoms with E-state index >= 15 is 0 Å². The van der Waals surface area contributed by atoms with Gasteiger partial charge < -0.3 is 10.6 Å². The summed E-state index contributed by atoms with van der Waals surface area (Å²) in [5, 5.41) is 16.0. The van der Waals surface area contributed by atoms with Gasteiger partial charge in [-0.2, -0.15) is 0 Å². The summed E-state index contributed by atoms with van der Waals surface area (Å²) >= 11 is 0. The molecule has 7 heteroatoms. The largest absolute Gasteiger partial charge is 0.352 e. The molecule has 0 spiro atoms. The molecule has 0 saturated carbocycles. The van der Waals surface area contributed by atoms with Gasteiger partial charge in [0.25, 0.3) is 11.6 Å². The van der Waals surface area contributed by atoms with E-state index in [1.165, 1.54) is 29.8 Å². The van der Waals surface area contributed by atoms with Gasteiger partial charge in [-0.05, 0) is 36.2 Å². The van der Waals surface area contributed by atoms with Crippen LogP contribution in [-0.4, -0.2) is 23.3 Å². The second-order valence-electron chi connectivity index (χ2n) is 5.80. The Hall–Kier alpha value is -3.22. The molecule has 2 aromatic rings. The van der Waals surface area contributed by atoms with Crippen molar-refractivity contribution in [1.82, 2.24) is 5.32 Å². The van der Waals surface area contributed by atoms with Crippen molar-refractivity contribution in [2.45, 2.75) is 26.2 Å². The Morgan fingerprint density at radius 3 is 2.27 bits per heavy atom. The van der Waals surface area contributed by atoms with Crippen LogP contribution in [0.3, 0.4) is 0 Å². The lowest BCUT2D eigenvalue weighted by Gasteiger charge is -2.07. The molecule has 0 aliphatic rings. The van der Waals surface area contributed by atoms with Crippen molar-refractivity contribution in [2.75, 3.05) is 11.9 Å². The predicted octanol–water partition coefficient (Wildman–Crippen LogP) is 3.31. The highest BCUT2D eigenvalue weighted by Crippen LogP contribution is 2.12. The number of hydrogen-bond donors (Lipinski definition) is 2. The Morgan fingerprint density at radius 1 is 1.04 bits per heavy atom. The normalized spacial score (nSPS) is 10.2. The number of rotatable bonds is 8. The lowest BCUT2D eigenvalue weighted by molar-refractivity contribution is -0.384. The Kier molecular flexibility index (Phi) is 6.84. The molecule has 0 fully saturated rings. The average Bonchev–Trinajstić information content (AvgIpc) is 2.63. The molecule has 2 N–H and O–H groups in total. The van der Waals surface area contributed by atoms with Gasteiger partial charge in [0.2, 0.25) is 5.91 Å². The molecule has 0 aliphatic carbocycles. The first-order chi connectivity index (χ1) is 12.5. The topological polar surface area (TPSA) is 101 Å². The fourth-order valence-electron chi connectivity index (χ4n) is 2.39. The van der Waals surface area contributed by atoms with Gasteiger partial charge in [0.05, 0.1) is 4.92 Å². The van der Waals surface area contributed by atoms with Crippen LogP contribution in [0, 0.1) is 10.1 Å². The van der Waals surface area contributed by atoms with Gasteiger partial charge >= 0.3 is 0 Å². The number of hydrogen-bond acceptors (Lipinski definition) is 4. The Morgan fingerprint density at radius 2 is 1.69 bits per heavy atom. The third kappa shape index (κ3) is 5.70. The number of nitro benzene ring substituents is 1. The van der Waals surface area contributed by atoms with Crippen LogP contribution in [0.1, 0.15) is 35.7 Å². The zero-order chi connectivity index (χ0) is 18.9. The van der Waals surface area contributed by atoms with Crippen LogP contribution < -0.4 is 10.6 Å². The van der Waals surface area contributed by atoms with Crippen LogP contribution in [0.4, 0.5) is 11.4 Å². The van der Waals surface area contributed by atoms with E-state index in [-0.39, 0.29) is 30.5 Å². The summed E-state index contributed by atoms with van der Waals surface area (Å²) in [6, 6.07) is 13.0. The predicted molar refractivity (Wildman–Crippen MR) is 99.1 cm³/mol. The summed E-state index contributed by atoms with van der Waals surface area (Å²) in [6.45, 7) is 2.29. The third-order valence-electron chi connectivity index (χ3n) is 3.75. The lowest BCUT2D eigenvalue weighted by Crippen LogP contribution is -2.27. The van der Waals surface area contributed by atoms with Crippen LogP contribution in [0.25, 0.3) is 0 Å². The van der Waals surface area contributed by atoms with Crippen molar-refractivity contribution in [2.24, 2.45) is 0 Å². The maximum absolute atomic E-state index is 12.0. The number of carbonyl (C=O) groups is 2. The van der Waals surface area contributed by atoms with Gasteiger partial charge in [0, 0.05) is 36.3 Å². The van der Waals surface area contributed by atoms with E-state index in [2.05, 4.69) is 17.6 Å². The minimum atomic E-state index is -0.527. The molecule has 0 saturated heterocycles. The first-order valence-electron chi connectivity index (χ1n) is 8.41. The van der Waals surface area contributed by atoms with E-state index < -0.39 is 4.92 Å². The first-order valence-corrected chi connectivity index (χ1v) is 8.41. The standard InChI is InChI=1S/C19H21N3O4/c1-2-3-14-4-8-16(9-5-14)21-18(23)12-13-20-19(24)15-6-10-17(11-7-15)22(25)26/h4-11H,2-3,12-13H2,1H3,(H,20,24)(H,21,23). The summed E-state index contributed by atoms with van der Waals surface area (Å²) in [4.78, 5) is 33.9. The molecule has 0 radical (unpaired) electrons. The minimum absolute atomic E-state index is 0.0779. The van der Waals surface area contributed by atoms with Gasteiger partial charge in [-0.1, -0.05) is 25.5 Å². The maximum Gasteiger partial charge on any atom is 0.269 e. The van der Waals surface area contributed by atoms with Crippen LogP contribution >= 0.6 is 0 Å². The van der Waals surface area contributed by atoms with Crippen LogP contribution in [0.2, 0.25) is 0 Å². The SMILES string of the molecule is CCCc1ccc(NC(=O)CCNC(=O)c2ccc([N+](=O)[O-])cc2)cc1. The van der Waals surface area contributed by atoms with E-state index in [1.54, 1.807) is 0 Å². The number of nitrogens with one attached hydrogen (secondary N) is 2. The highest BCUT2D eigenvalue weighted by molar-refractivity contribution is 5.95. The minimum Gasteiger partial charge on any atom is -0.352 e. The van der Waals surface area contributed by atoms with Gasteiger partial charge in [0.15, 0.2) is 0 Å². The molecule has 0 aromatic heterocycles. The Balaban J connectivity index is 1.76. The third-order valence-corrected chi connectivity index (χ3v) is 3.75. The summed E-state index contributed by atoms with van der Waals surface area (Å²) in [5.41, 5.74) is 2.17. The number of nitro groups is 1. The zero-order valence-electron chi connectivity index (χ0n) is 14.5. The monoisotopic (exact) mass is 355 g/mol. The van der Waals surface area contributed by atoms with E-state index in [1.807, 2.05) is 24.3 Å². The fraction of sp³-hybridized carbons (Fsp3) is 0.263. The number of benzene rings is 2. The van der Waals surface area contributed by atoms with Crippen molar-refractivity contribution in [1.29, 1.82) is 0 Å². The zero-order valence-corrected chi connectivity index (χ0v) is 14.5. The maximum atomic E-state index is 12.0. The molecule has 2 amide bonds. The molecular weight excluding hydrogens is 334 g/mol. The first kappa shape index (κ1) is 19.1. The molecule has 136 valence electrons. The highest BCUT2D eigenvalue weighted by atomic mass is 16.6. The second kappa shape index (κ2) is 9.31. The number of aryl methyl sites for hydroxylation is 1.